The van der Waals surface area contributed by atoms with Gasteiger partial charge >= 0.3 is 0 Å². The lowest BCUT2D eigenvalue weighted by atomic mass is 10.3. The number of carbonyl (C=O) groups excluding carboxylic acids is 1. The summed E-state index contributed by atoms with van der Waals surface area (Å²) in [5.74, 6) is 0.442. The van der Waals surface area contributed by atoms with Crippen molar-refractivity contribution in [3.8, 4) is 5.75 Å². The van der Waals surface area contributed by atoms with E-state index in [9.17, 15) is 9.90 Å². The summed E-state index contributed by atoms with van der Waals surface area (Å²) >= 11 is 0. The Morgan fingerprint density at radius 2 is 1.88 bits per heavy atom. The van der Waals surface area contributed by atoms with E-state index in [0.717, 1.165) is 0 Å². The summed E-state index contributed by atoms with van der Waals surface area (Å²) in [6.07, 6.45) is 3.48. The second kappa shape index (κ2) is 4.39. The van der Waals surface area contributed by atoms with Crippen molar-refractivity contribution in [2.75, 3.05) is 5.32 Å². The number of rotatable bonds is 3. The quantitative estimate of drug-likeness (QED) is 0.602. The molecule has 0 aliphatic heterocycles. The monoisotopic (exact) mass is 215 g/mol. The summed E-state index contributed by atoms with van der Waals surface area (Å²) in [6.45, 7) is 0. The van der Waals surface area contributed by atoms with Crippen molar-refractivity contribution in [1.29, 1.82) is 0 Å². The molecule has 16 heavy (non-hydrogen) atoms. The van der Waals surface area contributed by atoms with Crippen LogP contribution in [0.2, 0.25) is 0 Å². The molecule has 0 aliphatic rings. The number of carbonyl (C=O) groups is 1. The minimum Gasteiger partial charge on any atom is -0.506 e. The van der Waals surface area contributed by atoms with E-state index >= 15 is 0 Å². The van der Waals surface area contributed by atoms with Gasteiger partial charge in [-0.05, 0) is 12.1 Å². The first kappa shape index (κ1) is 10.1. The Morgan fingerprint density at radius 1 is 1.19 bits per heavy atom. The zero-order valence-electron chi connectivity index (χ0n) is 8.29. The molecule has 80 valence electrons. The predicted octanol–water partition coefficient (Wildman–Crippen LogP) is 1.74. The maximum Gasteiger partial charge on any atom is 0.227 e. The Bertz CT molecular complexity index is 497. The van der Waals surface area contributed by atoms with Gasteiger partial charge in [-0.25, -0.2) is 9.97 Å². The molecule has 0 radical (unpaired) electrons. The van der Waals surface area contributed by atoms with E-state index in [4.69, 9.17) is 0 Å². The van der Waals surface area contributed by atoms with Gasteiger partial charge in [-0.1, -0.05) is 12.1 Å². The van der Waals surface area contributed by atoms with Gasteiger partial charge in [-0.2, -0.15) is 0 Å². The molecule has 0 amide bonds. The van der Waals surface area contributed by atoms with Crippen molar-refractivity contribution < 1.29 is 9.90 Å². The maximum atomic E-state index is 10.4. The molecule has 0 fully saturated rings. The van der Waals surface area contributed by atoms with Crippen molar-refractivity contribution in [2.45, 2.75) is 0 Å². The predicted molar refractivity (Wildman–Crippen MR) is 58.8 cm³/mol. The van der Waals surface area contributed by atoms with Gasteiger partial charge in [0.2, 0.25) is 5.95 Å². The van der Waals surface area contributed by atoms with Crippen LogP contribution in [0.1, 0.15) is 10.4 Å². The SMILES string of the molecule is O=Cc1cnc(Nc2ccccc2O)nc1. The summed E-state index contributed by atoms with van der Waals surface area (Å²) in [5.41, 5.74) is 0.921. The largest absolute Gasteiger partial charge is 0.506 e. The lowest BCUT2D eigenvalue weighted by Crippen LogP contribution is -1.97. The topological polar surface area (TPSA) is 75.1 Å². The molecule has 2 N–H and O–H groups in total. The highest BCUT2D eigenvalue weighted by Gasteiger charge is 2.01. The first-order valence-electron chi connectivity index (χ1n) is 4.62. The summed E-state index contributed by atoms with van der Waals surface area (Å²) in [4.78, 5) is 18.2. The average Bonchev–Trinajstić information content (AvgIpc) is 2.33. The summed E-state index contributed by atoms with van der Waals surface area (Å²) in [6, 6.07) is 6.76. The maximum absolute atomic E-state index is 10.4. The molecule has 0 aliphatic carbocycles. The normalized spacial score (nSPS) is 9.75. The van der Waals surface area contributed by atoms with Gasteiger partial charge in [-0.3, -0.25) is 4.79 Å². The van der Waals surface area contributed by atoms with E-state index in [1.165, 1.54) is 12.4 Å². The van der Waals surface area contributed by atoms with Crippen LogP contribution in [0, 0.1) is 0 Å². The number of hydrogen-bond acceptors (Lipinski definition) is 5. The number of anilines is 2. The Balaban J connectivity index is 2.21. The van der Waals surface area contributed by atoms with Crippen LogP contribution in [0.25, 0.3) is 0 Å². The second-order valence-corrected chi connectivity index (χ2v) is 3.10. The number of aromatic hydroxyl groups is 1. The molecule has 0 unspecified atom stereocenters. The number of benzene rings is 1. The number of phenols is 1. The third-order valence-corrected chi connectivity index (χ3v) is 1.96. The van der Waals surface area contributed by atoms with Crippen LogP contribution in [-0.2, 0) is 0 Å². The second-order valence-electron chi connectivity index (χ2n) is 3.10. The number of aromatic nitrogens is 2. The van der Waals surface area contributed by atoms with Crippen molar-refractivity contribution >= 4 is 17.9 Å². The first-order valence-corrected chi connectivity index (χ1v) is 4.62. The molecule has 1 aromatic heterocycles. The minimum atomic E-state index is 0.116. The fourth-order valence-corrected chi connectivity index (χ4v) is 1.16. The standard InChI is InChI=1S/C11H9N3O2/c15-7-8-5-12-11(13-6-8)14-9-3-1-2-4-10(9)16/h1-7,16H,(H,12,13,14). The Morgan fingerprint density at radius 3 is 2.50 bits per heavy atom. The first-order chi connectivity index (χ1) is 7.79. The van der Waals surface area contributed by atoms with Crippen LogP contribution in [0.3, 0.4) is 0 Å². The van der Waals surface area contributed by atoms with E-state index in [1.807, 2.05) is 0 Å². The molecule has 1 aromatic carbocycles. The van der Waals surface area contributed by atoms with Crippen LogP contribution in [0.4, 0.5) is 11.6 Å². The zero-order valence-corrected chi connectivity index (χ0v) is 8.29. The molecule has 0 saturated carbocycles. The molecular formula is C11H9N3O2. The van der Waals surface area contributed by atoms with Crippen molar-refractivity contribution in [3.63, 3.8) is 0 Å². The van der Waals surface area contributed by atoms with E-state index in [1.54, 1.807) is 24.3 Å². The van der Waals surface area contributed by atoms with E-state index < -0.39 is 0 Å². The number of phenolic OH excluding ortho intramolecular Hbond substituents is 1. The van der Waals surface area contributed by atoms with Gasteiger partial charge in [0.1, 0.15) is 5.75 Å². The molecule has 1 heterocycles. The number of nitrogens with one attached hydrogen (secondary N) is 1. The van der Waals surface area contributed by atoms with Crippen molar-refractivity contribution in [3.05, 3.63) is 42.2 Å². The number of nitrogens with zero attached hydrogens (tertiary/aromatic N) is 2. The Kier molecular flexibility index (Phi) is 2.77. The Labute approximate surface area is 91.8 Å². The fraction of sp³-hybridized carbons (Fsp3) is 0. The summed E-state index contributed by atoms with van der Waals surface area (Å²) in [7, 11) is 0. The average molecular weight is 215 g/mol. The third-order valence-electron chi connectivity index (χ3n) is 1.96. The summed E-state index contributed by atoms with van der Waals surface area (Å²) < 4.78 is 0. The molecule has 5 nitrogen and oxygen atoms in total. The fourth-order valence-electron chi connectivity index (χ4n) is 1.16. The number of hydrogen-bond donors (Lipinski definition) is 2. The third kappa shape index (κ3) is 2.14. The van der Waals surface area contributed by atoms with Gasteiger partial charge in [0.15, 0.2) is 6.29 Å². The molecule has 0 atom stereocenters. The van der Waals surface area contributed by atoms with Gasteiger partial charge in [0.05, 0.1) is 11.3 Å². The van der Waals surface area contributed by atoms with Gasteiger partial charge in [0, 0.05) is 12.4 Å². The minimum absolute atomic E-state index is 0.116. The lowest BCUT2D eigenvalue weighted by Gasteiger charge is -2.05. The van der Waals surface area contributed by atoms with E-state index in [2.05, 4.69) is 15.3 Å². The van der Waals surface area contributed by atoms with Crippen molar-refractivity contribution in [1.82, 2.24) is 9.97 Å². The van der Waals surface area contributed by atoms with Gasteiger partial charge in [-0.15, -0.1) is 0 Å². The highest BCUT2D eigenvalue weighted by molar-refractivity contribution is 5.73. The molecular weight excluding hydrogens is 206 g/mol. The number of aldehydes is 1. The highest BCUT2D eigenvalue weighted by atomic mass is 16.3. The Hall–Kier alpha value is -2.43. The molecule has 0 spiro atoms. The highest BCUT2D eigenvalue weighted by Crippen LogP contribution is 2.23. The lowest BCUT2D eigenvalue weighted by molar-refractivity contribution is 0.112. The van der Waals surface area contributed by atoms with E-state index in [-0.39, 0.29) is 5.75 Å². The van der Waals surface area contributed by atoms with E-state index in [0.29, 0.717) is 23.5 Å². The van der Waals surface area contributed by atoms with Crippen LogP contribution < -0.4 is 5.32 Å². The van der Waals surface area contributed by atoms with Crippen LogP contribution in [0.5, 0.6) is 5.75 Å². The van der Waals surface area contributed by atoms with Crippen LogP contribution in [-0.4, -0.2) is 21.4 Å². The smallest absolute Gasteiger partial charge is 0.227 e. The molecule has 5 heteroatoms. The van der Waals surface area contributed by atoms with Gasteiger partial charge in [0.25, 0.3) is 0 Å². The molecule has 0 bridgehead atoms. The van der Waals surface area contributed by atoms with Crippen LogP contribution in [0.15, 0.2) is 36.7 Å². The summed E-state index contributed by atoms with van der Waals surface area (Å²) in [5, 5.41) is 12.3. The molecule has 0 saturated heterocycles. The van der Waals surface area contributed by atoms with Crippen LogP contribution >= 0.6 is 0 Å². The molecule has 2 rings (SSSR count). The zero-order chi connectivity index (χ0) is 11.4. The number of para-hydroxylation sites is 2. The molecule has 2 aromatic rings. The van der Waals surface area contributed by atoms with Crippen molar-refractivity contribution in [2.24, 2.45) is 0 Å². The van der Waals surface area contributed by atoms with Gasteiger partial charge < -0.3 is 10.4 Å².